The Hall–Kier alpha value is -0.710. The monoisotopic (exact) mass is 229 g/mol. The Kier molecular flexibility index (Phi) is 2.91. The number of aliphatic carboxylic acids is 1. The van der Waals surface area contributed by atoms with Crippen LogP contribution < -0.4 is 0 Å². The Balaban J connectivity index is 2.22. The number of amides is 1. The zero-order valence-electron chi connectivity index (χ0n) is 8.52. The fourth-order valence-electron chi connectivity index (χ4n) is 2.18. The number of nitrogens with zero attached hydrogens (tertiary/aromatic N) is 1. The van der Waals surface area contributed by atoms with E-state index in [1.807, 2.05) is 0 Å². The quantitative estimate of drug-likeness (QED) is 0.729. The average Bonchev–Trinajstić information content (AvgIpc) is 3.04. The van der Waals surface area contributed by atoms with Crippen LogP contribution in [0.15, 0.2) is 0 Å². The van der Waals surface area contributed by atoms with Crippen molar-refractivity contribution in [3.63, 3.8) is 0 Å². The first-order valence-corrected chi connectivity index (χ1v) is 6.41. The van der Waals surface area contributed by atoms with Crippen molar-refractivity contribution in [2.75, 3.05) is 11.5 Å². The van der Waals surface area contributed by atoms with Crippen molar-refractivity contribution in [2.24, 2.45) is 0 Å². The third-order valence-corrected chi connectivity index (χ3v) is 4.25. The zero-order chi connectivity index (χ0) is 10.9. The third-order valence-electron chi connectivity index (χ3n) is 3.27. The minimum Gasteiger partial charge on any atom is -0.479 e. The van der Waals surface area contributed by atoms with E-state index in [-0.39, 0.29) is 6.04 Å². The molecular formula is C10H15NO3S. The van der Waals surface area contributed by atoms with Crippen LogP contribution in [0.5, 0.6) is 0 Å². The zero-order valence-corrected chi connectivity index (χ0v) is 9.33. The Morgan fingerprint density at radius 3 is 2.40 bits per heavy atom. The highest BCUT2D eigenvalue weighted by atomic mass is 32.2. The molecule has 1 aliphatic carbocycles. The molecule has 2 fully saturated rings. The molecule has 1 saturated heterocycles. The Morgan fingerprint density at radius 1 is 1.40 bits per heavy atom. The smallest absolute Gasteiger partial charge is 0.329 e. The van der Waals surface area contributed by atoms with E-state index < -0.39 is 11.5 Å². The van der Waals surface area contributed by atoms with Crippen LogP contribution >= 0.6 is 11.8 Å². The molecule has 0 bridgehead atoms. The first-order chi connectivity index (χ1) is 7.20. The standard InChI is InChI=1S/C10H15NO3S/c12-7-11(8-1-2-8)10(9(13)14)3-5-15-6-4-10/h7-8H,1-6H2,(H,13,14). The van der Waals surface area contributed by atoms with Crippen molar-refractivity contribution < 1.29 is 14.7 Å². The molecule has 0 radical (unpaired) electrons. The van der Waals surface area contributed by atoms with E-state index in [0.717, 1.165) is 30.8 Å². The fourth-order valence-corrected chi connectivity index (χ4v) is 3.35. The molecule has 0 aromatic carbocycles. The van der Waals surface area contributed by atoms with Gasteiger partial charge < -0.3 is 10.0 Å². The molecule has 0 aromatic rings. The van der Waals surface area contributed by atoms with Gasteiger partial charge >= 0.3 is 5.97 Å². The van der Waals surface area contributed by atoms with E-state index >= 15 is 0 Å². The number of rotatable bonds is 4. The van der Waals surface area contributed by atoms with Gasteiger partial charge in [0.25, 0.3) is 0 Å². The van der Waals surface area contributed by atoms with Crippen LogP contribution in [-0.4, -0.2) is 45.5 Å². The van der Waals surface area contributed by atoms with E-state index in [0.29, 0.717) is 12.8 Å². The van der Waals surface area contributed by atoms with Crippen LogP contribution in [0.25, 0.3) is 0 Å². The second-order valence-corrected chi connectivity index (χ2v) is 5.42. The molecule has 15 heavy (non-hydrogen) atoms. The highest BCUT2D eigenvalue weighted by molar-refractivity contribution is 7.99. The summed E-state index contributed by atoms with van der Waals surface area (Å²) in [5.74, 6) is 0.842. The molecule has 4 nitrogen and oxygen atoms in total. The third kappa shape index (κ3) is 1.85. The summed E-state index contributed by atoms with van der Waals surface area (Å²) >= 11 is 1.77. The molecule has 0 unspecified atom stereocenters. The van der Waals surface area contributed by atoms with Gasteiger partial charge in [0.1, 0.15) is 5.54 Å². The maximum Gasteiger partial charge on any atom is 0.329 e. The predicted octanol–water partition coefficient (Wildman–Crippen LogP) is 0.958. The van der Waals surface area contributed by atoms with E-state index in [1.54, 1.807) is 16.7 Å². The molecule has 1 heterocycles. The molecule has 2 aliphatic rings. The van der Waals surface area contributed by atoms with Crippen LogP contribution in [0.1, 0.15) is 25.7 Å². The van der Waals surface area contributed by atoms with Crippen LogP contribution in [0.2, 0.25) is 0 Å². The van der Waals surface area contributed by atoms with E-state index in [9.17, 15) is 14.7 Å². The number of hydrogen-bond acceptors (Lipinski definition) is 3. The number of carbonyl (C=O) groups is 2. The van der Waals surface area contributed by atoms with Gasteiger partial charge in [0.05, 0.1) is 0 Å². The van der Waals surface area contributed by atoms with Gasteiger partial charge in [-0.3, -0.25) is 4.79 Å². The summed E-state index contributed by atoms with van der Waals surface area (Å²) in [7, 11) is 0. The molecule has 1 N–H and O–H groups in total. The second kappa shape index (κ2) is 4.04. The highest BCUT2D eigenvalue weighted by Gasteiger charge is 2.49. The molecular weight excluding hydrogens is 214 g/mol. The number of hydrogen-bond donors (Lipinski definition) is 1. The molecule has 5 heteroatoms. The van der Waals surface area contributed by atoms with E-state index in [4.69, 9.17) is 0 Å². The molecule has 0 aromatic heterocycles. The molecule has 2 rings (SSSR count). The highest BCUT2D eigenvalue weighted by Crippen LogP contribution is 2.39. The Bertz CT molecular complexity index is 272. The van der Waals surface area contributed by atoms with Crippen LogP contribution in [0.3, 0.4) is 0 Å². The largest absolute Gasteiger partial charge is 0.479 e. The van der Waals surface area contributed by atoms with E-state index in [2.05, 4.69) is 0 Å². The number of carboxylic acid groups (broad SMARTS) is 1. The summed E-state index contributed by atoms with van der Waals surface area (Å²) in [5, 5.41) is 9.36. The number of thioether (sulfide) groups is 1. The van der Waals surface area contributed by atoms with E-state index in [1.165, 1.54) is 0 Å². The molecule has 84 valence electrons. The lowest BCUT2D eigenvalue weighted by atomic mass is 9.90. The summed E-state index contributed by atoms with van der Waals surface area (Å²) in [4.78, 5) is 24.0. The average molecular weight is 229 g/mol. The van der Waals surface area contributed by atoms with Crippen molar-refractivity contribution in [3.05, 3.63) is 0 Å². The molecule has 0 atom stereocenters. The van der Waals surface area contributed by atoms with Gasteiger partial charge in [-0.2, -0.15) is 11.8 Å². The van der Waals surface area contributed by atoms with Gasteiger partial charge in [-0.25, -0.2) is 4.79 Å². The van der Waals surface area contributed by atoms with Crippen molar-refractivity contribution >= 4 is 24.1 Å². The van der Waals surface area contributed by atoms with Gasteiger partial charge in [0, 0.05) is 6.04 Å². The molecule has 1 amide bonds. The molecule has 1 saturated carbocycles. The number of carbonyl (C=O) groups excluding carboxylic acids is 1. The van der Waals surface area contributed by atoms with Gasteiger partial charge in [0.15, 0.2) is 0 Å². The van der Waals surface area contributed by atoms with Crippen molar-refractivity contribution in [1.29, 1.82) is 0 Å². The fraction of sp³-hybridized carbons (Fsp3) is 0.800. The summed E-state index contributed by atoms with van der Waals surface area (Å²) in [6, 6.07) is 0.182. The molecule has 0 spiro atoms. The Morgan fingerprint density at radius 2 is 2.00 bits per heavy atom. The maximum absolute atomic E-state index is 11.4. The normalized spacial score (nSPS) is 24.5. The summed E-state index contributed by atoms with van der Waals surface area (Å²) in [5.41, 5.74) is -0.909. The lowest BCUT2D eigenvalue weighted by Gasteiger charge is -2.41. The van der Waals surface area contributed by atoms with Crippen LogP contribution in [0.4, 0.5) is 0 Å². The van der Waals surface area contributed by atoms with Crippen LogP contribution in [0, 0.1) is 0 Å². The summed E-state index contributed by atoms with van der Waals surface area (Å²) in [6.07, 6.45) is 3.83. The van der Waals surface area contributed by atoms with Crippen molar-refractivity contribution in [1.82, 2.24) is 4.90 Å². The SMILES string of the molecule is O=CN(C1CC1)C1(C(=O)O)CCSCC1. The van der Waals surface area contributed by atoms with Crippen LogP contribution in [-0.2, 0) is 9.59 Å². The van der Waals surface area contributed by atoms with Gasteiger partial charge in [-0.05, 0) is 37.2 Å². The second-order valence-electron chi connectivity index (χ2n) is 4.19. The minimum atomic E-state index is -0.909. The van der Waals surface area contributed by atoms with Gasteiger partial charge in [-0.15, -0.1) is 0 Å². The molecule has 1 aliphatic heterocycles. The number of carboxylic acids is 1. The first kappa shape index (κ1) is 10.8. The summed E-state index contributed by atoms with van der Waals surface area (Å²) in [6.45, 7) is 0. The summed E-state index contributed by atoms with van der Waals surface area (Å²) < 4.78 is 0. The lowest BCUT2D eigenvalue weighted by molar-refractivity contribution is -0.156. The topological polar surface area (TPSA) is 57.6 Å². The Labute approximate surface area is 93.0 Å². The maximum atomic E-state index is 11.4. The van der Waals surface area contributed by atoms with Crippen molar-refractivity contribution in [2.45, 2.75) is 37.3 Å². The predicted molar refractivity (Wildman–Crippen MR) is 57.9 cm³/mol. The first-order valence-electron chi connectivity index (χ1n) is 5.25. The van der Waals surface area contributed by atoms with Gasteiger partial charge in [-0.1, -0.05) is 0 Å². The lowest BCUT2D eigenvalue weighted by Crippen LogP contribution is -2.57. The van der Waals surface area contributed by atoms with Crippen molar-refractivity contribution in [3.8, 4) is 0 Å². The minimum absolute atomic E-state index is 0.182. The van der Waals surface area contributed by atoms with Gasteiger partial charge in [0.2, 0.25) is 6.41 Å².